The van der Waals surface area contributed by atoms with Crippen LogP contribution < -0.4 is 16.4 Å². The molecule has 0 amide bonds. The van der Waals surface area contributed by atoms with E-state index in [1.54, 1.807) is 0 Å². The van der Waals surface area contributed by atoms with Crippen molar-refractivity contribution in [3.05, 3.63) is 6.07 Å². The van der Waals surface area contributed by atoms with Gasteiger partial charge in [0, 0.05) is 19.2 Å². The fourth-order valence-corrected chi connectivity index (χ4v) is 1.33. The first-order chi connectivity index (χ1) is 8.02. The molecule has 0 aliphatic heterocycles. The summed E-state index contributed by atoms with van der Waals surface area (Å²) in [5, 5.41) is 6.42. The van der Waals surface area contributed by atoms with Gasteiger partial charge in [-0.2, -0.15) is 9.97 Å². The molecule has 96 valence electrons. The van der Waals surface area contributed by atoms with Crippen LogP contribution in [0.25, 0.3) is 0 Å². The van der Waals surface area contributed by atoms with E-state index in [1.165, 1.54) is 0 Å². The zero-order valence-corrected chi connectivity index (χ0v) is 11.1. The number of aromatic nitrogens is 2. The van der Waals surface area contributed by atoms with Gasteiger partial charge in [0.05, 0.1) is 0 Å². The number of nitrogen functional groups attached to an aromatic ring is 1. The predicted octanol–water partition coefficient (Wildman–Crippen LogP) is 2.19. The Hall–Kier alpha value is -1.52. The van der Waals surface area contributed by atoms with Crippen LogP contribution in [0.2, 0.25) is 0 Å². The van der Waals surface area contributed by atoms with Crippen LogP contribution in [-0.2, 0) is 0 Å². The minimum atomic E-state index is 0.295. The predicted molar refractivity (Wildman–Crippen MR) is 73.1 cm³/mol. The summed E-state index contributed by atoms with van der Waals surface area (Å²) < 4.78 is 0. The van der Waals surface area contributed by atoms with Gasteiger partial charge in [-0.1, -0.05) is 20.8 Å². The molecule has 17 heavy (non-hydrogen) atoms. The zero-order chi connectivity index (χ0) is 12.8. The molecule has 5 nitrogen and oxygen atoms in total. The van der Waals surface area contributed by atoms with Crippen molar-refractivity contribution >= 4 is 17.6 Å². The number of hydrogen-bond acceptors (Lipinski definition) is 5. The third-order valence-corrected chi connectivity index (χ3v) is 2.84. The van der Waals surface area contributed by atoms with Gasteiger partial charge in [-0.25, -0.2) is 0 Å². The molecule has 1 aromatic rings. The molecule has 0 aliphatic rings. The molecule has 1 heterocycles. The van der Waals surface area contributed by atoms with E-state index in [0.717, 1.165) is 24.7 Å². The average molecular weight is 237 g/mol. The Labute approximate surface area is 103 Å². The quantitative estimate of drug-likeness (QED) is 0.707. The second kappa shape index (κ2) is 6.27. The largest absolute Gasteiger partial charge is 0.370 e. The second-order valence-electron chi connectivity index (χ2n) is 4.63. The lowest BCUT2D eigenvalue weighted by molar-refractivity contribution is 0.439. The number of nitrogens with two attached hydrogens (primary N) is 1. The SMILES string of the molecule is CCNc1cc(NCC(C)C(C)C)nc(N)n1. The van der Waals surface area contributed by atoms with Crippen molar-refractivity contribution in [1.29, 1.82) is 0 Å². The number of hydrogen-bond donors (Lipinski definition) is 3. The number of anilines is 3. The topological polar surface area (TPSA) is 75.9 Å². The van der Waals surface area contributed by atoms with E-state index in [4.69, 9.17) is 5.73 Å². The van der Waals surface area contributed by atoms with Gasteiger partial charge >= 0.3 is 0 Å². The Balaban J connectivity index is 2.64. The molecule has 1 unspecified atom stereocenters. The average Bonchev–Trinajstić information content (AvgIpc) is 2.25. The summed E-state index contributed by atoms with van der Waals surface area (Å²) in [5.74, 6) is 3.08. The smallest absolute Gasteiger partial charge is 0.223 e. The Kier molecular flexibility index (Phi) is 5.00. The van der Waals surface area contributed by atoms with Crippen molar-refractivity contribution in [2.45, 2.75) is 27.7 Å². The molecule has 4 N–H and O–H groups in total. The first-order valence-corrected chi connectivity index (χ1v) is 6.15. The Morgan fingerprint density at radius 2 is 1.76 bits per heavy atom. The van der Waals surface area contributed by atoms with Crippen LogP contribution in [0, 0.1) is 11.8 Å². The second-order valence-corrected chi connectivity index (χ2v) is 4.63. The molecule has 1 atom stereocenters. The van der Waals surface area contributed by atoms with Gasteiger partial charge in [0.25, 0.3) is 0 Å². The molecule has 1 rings (SSSR count). The van der Waals surface area contributed by atoms with Crippen molar-refractivity contribution in [3.63, 3.8) is 0 Å². The van der Waals surface area contributed by atoms with Crippen LogP contribution >= 0.6 is 0 Å². The standard InChI is InChI=1S/C12H23N5/c1-5-14-10-6-11(17-12(13)16-10)15-7-9(4)8(2)3/h6,8-9H,5,7H2,1-4H3,(H4,13,14,15,16,17). The Bertz CT molecular complexity index is 351. The van der Waals surface area contributed by atoms with Crippen LogP contribution in [0.5, 0.6) is 0 Å². The molecule has 0 saturated heterocycles. The lowest BCUT2D eigenvalue weighted by Crippen LogP contribution is -2.17. The first-order valence-electron chi connectivity index (χ1n) is 6.15. The third-order valence-electron chi connectivity index (χ3n) is 2.84. The molecule has 0 bridgehead atoms. The van der Waals surface area contributed by atoms with Crippen LogP contribution in [0.1, 0.15) is 27.7 Å². The van der Waals surface area contributed by atoms with Crippen LogP contribution in [0.3, 0.4) is 0 Å². The van der Waals surface area contributed by atoms with Crippen molar-refractivity contribution in [1.82, 2.24) is 9.97 Å². The maximum atomic E-state index is 5.65. The van der Waals surface area contributed by atoms with E-state index in [9.17, 15) is 0 Å². The van der Waals surface area contributed by atoms with E-state index in [2.05, 4.69) is 41.4 Å². The van der Waals surface area contributed by atoms with Gasteiger partial charge in [0.1, 0.15) is 11.6 Å². The summed E-state index contributed by atoms with van der Waals surface area (Å²) in [6, 6.07) is 1.88. The van der Waals surface area contributed by atoms with Gasteiger partial charge in [0.2, 0.25) is 5.95 Å². The highest BCUT2D eigenvalue weighted by Gasteiger charge is 2.08. The van der Waals surface area contributed by atoms with Crippen molar-refractivity contribution in [3.8, 4) is 0 Å². The van der Waals surface area contributed by atoms with Crippen molar-refractivity contribution in [2.24, 2.45) is 11.8 Å². The summed E-state index contributed by atoms with van der Waals surface area (Å²) in [5.41, 5.74) is 5.65. The van der Waals surface area contributed by atoms with Crippen molar-refractivity contribution < 1.29 is 0 Å². The molecular formula is C12H23N5. The van der Waals surface area contributed by atoms with Crippen molar-refractivity contribution in [2.75, 3.05) is 29.5 Å². The maximum Gasteiger partial charge on any atom is 0.223 e. The maximum absolute atomic E-state index is 5.65. The van der Waals surface area contributed by atoms with E-state index >= 15 is 0 Å². The highest BCUT2D eigenvalue weighted by atomic mass is 15.1. The van der Waals surface area contributed by atoms with Crippen LogP contribution in [0.15, 0.2) is 6.07 Å². The Morgan fingerprint density at radius 3 is 2.29 bits per heavy atom. The van der Waals surface area contributed by atoms with E-state index in [-0.39, 0.29) is 0 Å². The minimum absolute atomic E-state index is 0.295. The fraction of sp³-hybridized carbons (Fsp3) is 0.667. The first kappa shape index (κ1) is 13.5. The number of nitrogens with zero attached hydrogens (tertiary/aromatic N) is 2. The van der Waals surface area contributed by atoms with Gasteiger partial charge in [-0.15, -0.1) is 0 Å². The van der Waals surface area contributed by atoms with E-state index in [1.807, 2.05) is 13.0 Å². The fourth-order valence-electron chi connectivity index (χ4n) is 1.33. The molecular weight excluding hydrogens is 214 g/mol. The molecule has 1 aromatic heterocycles. The van der Waals surface area contributed by atoms with E-state index < -0.39 is 0 Å². The van der Waals surface area contributed by atoms with Gasteiger partial charge in [-0.3, -0.25) is 0 Å². The molecule has 0 aliphatic carbocycles. The van der Waals surface area contributed by atoms with Crippen LogP contribution in [0.4, 0.5) is 17.6 Å². The minimum Gasteiger partial charge on any atom is -0.370 e. The van der Waals surface area contributed by atoms with Gasteiger partial charge in [-0.05, 0) is 18.8 Å². The summed E-state index contributed by atoms with van der Waals surface area (Å²) in [6.45, 7) is 10.4. The number of nitrogens with one attached hydrogen (secondary N) is 2. The monoisotopic (exact) mass is 237 g/mol. The molecule has 0 radical (unpaired) electrons. The lowest BCUT2D eigenvalue weighted by Gasteiger charge is -2.16. The summed E-state index contributed by atoms with van der Waals surface area (Å²) >= 11 is 0. The van der Waals surface area contributed by atoms with E-state index in [0.29, 0.717) is 17.8 Å². The van der Waals surface area contributed by atoms with Crippen LogP contribution in [-0.4, -0.2) is 23.1 Å². The zero-order valence-electron chi connectivity index (χ0n) is 11.1. The molecule has 0 saturated carbocycles. The highest BCUT2D eigenvalue weighted by molar-refractivity contribution is 5.50. The molecule has 0 spiro atoms. The normalized spacial score (nSPS) is 12.5. The summed E-state index contributed by atoms with van der Waals surface area (Å²) in [4.78, 5) is 8.26. The molecule has 0 fully saturated rings. The highest BCUT2D eigenvalue weighted by Crippen LogP contribution is 2.15. The number of rotatable bonds is 6. The lowest BCUT2D eigenvalue weighted by atomic mass is 9.98. The molecule has 0 aromatic carbocycles. The summed E-state index contributed by atoms with van der Waals surface area (Å²) in [6.07, 6.45) is 0. The van der Waals surface area contributed by atoms with Gasteiger partial charge in [0.15, 0.2) is 0 Å². The summed E-state index contributed by atoms with van der Waals surface area (Å²) in [7, 11) is 0. The Morgan fingerprint density at radius 1 is 1.18 bits per heavy atom. The molecule has 5 heteroatoms. The third kappa shape index (κ3) is 4.46. The van der Waals surface area contributed by atoms with Gasteiger partial charge < -0.3 is 16.4 Å².